The van der Waals surface area contributed by atoms with Crippen molar-refractivity contribution < 1.29 is 5.11 Å². The van der Waals surface area contributed by atoms with E-state index in [1.54, 1.807) is 12.4 Å². The number of hydrogen-bond acceptors (Lipinski definition) is 4. The van der Waals surface area contributed by atoms with E-state index in [1.807, 2.05) is 6.92 Å². The van der Waals surface area contributed by atoms with Gasteiger partial charge in [0, 0.05) is 25.5 Å². The average molecular weight is 209 g/mol. The second-order valence-corrected chi connectivity index (χ2v) is 3.53. The minimum Gasteiger partial charge on any atom is -0.395 e. The van der Waals surface area contributed by atoms with Crippen LogP contribution in [-0.2, 0) is 0 Å². The van der Waals surface area contributed by atoms with Crippen molar-refractivity contribution in [2.45, 2.75) is 26.7 Å². The van der Waals surface area contributed by atoms with Crippen molar-refractivity contribution in [1.82, 2.24) is 9.97 Å². The SMILES string of the molecule is CCCCN(CCO)c1nccnc1C. The highest BCUT2D eigenvalue weighted by atomic mass is 16.3. The smallest absolute Gasteiger partial charge is 0.150 e. The number of rotatable bonds is 6. The van der Waals surface area contributed by atoms with Crippen LogP contribution in [0.1, 0.15) is 25.5 Å². The Hall–Kier alpha value is -1.16. The summed E-state index contributed by atoms with van der Waals surface area (Å²) in [6, 6.07) is 0. The molecule has 0 fully saturated rings. The second-order valence-electron chi connectivity index (χ2n) is 3.53. The highest BCUT2D eigenvalue weighted by Gasteiger charge is 2.09. The van der Waals surface area contributed by atoms with E-state index in [9.17, 15) is 0 Å². The topological polar surface area (TPSA) is 49.2 Å². The average Bonchev–Trinajstić information content (AvgIpc) is 2.25. The number of nitrogens with zero attached hydrogens (tertiary/aromatic N) is 3. The normalized spacial score (nSPS) is 10.3. The molecule has 1 heterocycles. The fourth-order valence-electron chi connectivity index (χ4n) is 1.50. The Morgan fingerprint density at radius 1 is 1.27 bits per heavy atom. The monoisotopic (exact) mass is 209 g/mol. The molecule has 4 heteroatoms. The first-order chi connectivity index (χ1) is 7.29. The Kier molecular flexibility index (Phi) is 5.04. The Labute approximate surface area is 91.0 Å². The third-order valence-electron chi connectivity index (χ3n) is 2.31. The molecule has 0 aliphatic carbocycles. The van der Waals surface area contributed by atoms with Crippen LogP contribution in [0.15, 0.2) is 12.4 Å². The molecule has 15 heavy (non-hydrogen) atoms. The lowest BCUT2D eigenvalue weighted by Gasteiger charge is -2.23. The lowest BCUT2D eigenvalue weighted by Crippen LogP contribution is -2.29. The molecule has 0 spiro atoms. The first-order valence-electron chi connectivity index (χ1n) is 5.43. The molecule has 0 aromatic carbocycles. The molecule has 4 nitrogen and oxygen atoms in total. The van der Waals surface area contributed by atoms with E-state index in [-0.39, 0.29) is 6.61 Å². The standard InChI is InChI=1S/C11H19N3O/c1-3-4-7-14(8-9-15)11-10(2)12-5-6-13-11/h5-6,15H,3-4,7-9H2,1-2H3. The van der Waals surface area contributed by atoms with Crippen LogP contribution in [0.3, 0.4) is 0 Å². The molecule has 0 saturated heterocycles. The van der Waals surface area contributed by atoms with E-state index >= 15 is 0 Å². The molecule has 1 rings (SSSR count). The summed E-state index contributed by atoms with van der Waals surface area (Å²) in [5.74, 6) is 0.889. The van der Waals surface area contributed by atoms with Gasteiger partial charge in [-0.05, 0) is 13.3 Å². The summed E-state index contributed by atoms with van der Waals surface area (Å²) in [4.78, 5) is 10.6. The van der Waals surface area contributed by atoms with Crippen molar-refractivity contribution in [2.24, 2.45) is 0 Å². The van der Waals surface area contributed by atoms with Gasteiger partial charge in [0.25, 0.3) is 0 Å². The maximum atomic E-state index is 9.00. The van der Waals surface area contributed by atoms with Gasteiger partial charge in [0.15, 0.2) is 0 Å². The van der Waals surface area contributed by atoms with Crippen LogP contribution in [0.4, 0.5) is 5.82 Å². The third kappa shape index (κ3) is 3.47. The van der Waals surface area contributed by atoms with Crippen LogP contribution in [0.5, 0.6) is 0 Å². The van der Waals surface area contributed by atoms with Crippen LogP contribution in [0.25, 0.3) is 0 Å². The summed E-state index contributed by atoms with van der Waals surface area (Å²) < 4.78 is 0. The number of aliphatic hydroxyl groups is 1. The van der Waals surface area contributed by atoms with Gasteiger partial charge in [-0.1, -0.05) is 13.3 Å². The number of aryl methyl sites for hydroxylation is 1. The van der Waals surface area contributed by atoms with Crippen molar-refractivity contribution in [1.29, 1.82) is 0 Å². The molecule has 1 N–H and O–H groups in total. The highest BCUT2D eigenvalue weighted by molar-refractivity contribution is 5.41. The van der Waals surface area contributed by atoms with Crippen LogP contribution in [-0.4, -0.2) is 34.8 Å². The van der Waals surface area contributed by atoms with E-state index in [0.29, 0.717) is 6.54 Å². The molecule has 0 unspecified atom stereocenters. The minimum absolute atomic E-state index is 0.153. The molecule has 0 aliphatic heterocycles. The fourth-order valence-corrected chi connectivity index (χ4v) is 1.50. The van der Waals surface area contributed by atoms with E-state index in [4.69, 9.17) is 5.11 Å². The van der Waals surface area contributed by atoms with Gasteiger partial charge in [-0.15, -0.1) is 0 Å². The summed E-state index contributed by atoms with van der Waals surface area (Å²) >= 11 is 0. The fraction of sp³-hybridized carbons (Fsp3) is 0.636. The number of hydrogen-bond donors (Lipinski definition) is 1. The molecular formula is C11H19N3O. The van der Waals surface area contributed by atoms with Crippen LogP contribution >= 0.6 is 0 Å². The molecule has 0 atom stereocenters. The Morgan fingerprint density at radius 3 is 2.60 bits per heavy atom. The predicted molar refractivity (Wildman–Crippen MR) is 61.0 cm³/mol. The van der Waals surface area contributed by atoms with Gasteiger partial charge in [-0.25, -0.2) is 4.98 Å². The van der Waals surface area contributed by atoms with Crippen LogP contribution in [0.2, 0.25) is 0 Å². The van der Waals surface area contributed by atoms with E-state index in [1.165, 1.54) is 0 Å². The molecule has 1 aromatic heterocycles. The summed E-state index contributed by atoms with van der Waals surface area (Å²) in [7, 11) is 0. The largest absolute Gasteiger partial charge is 0.395 e. The molecular weight excluding hydrogens is 190 g/mol. The van der Waals surface area contributed by atoms with Gasteiger partial charge in [-0.2, -0.15) is 0 Å². The third-order valence-corrected chi connectivity index (χ3v) is 2.31. The summed E-state index contributed by atoms with van der Waals surface area (Å²) in [6.45, 7) is 5.80. The van der Waals surface area contributed by atoms with Crippen molar-refractivity contribution in [2.75, 3.05) is 24.6 Å². The molecule has 0 radical (unpaired) electrons. The first-order valence-corrected chi connectivity index (χ1v) is 5.43. The number of unbranched alkanes of at least 4 members (excludes halogenated alkanes) is 1. The van der Waals surface area contributed by atoms with E-state index in [0.717, 1.165) is 30.9 Å². The maximum Gasteiger partial charge on any atom is 0.150 e. The van der Waals surface area contributed by atoms with Crippen LogP contribution < -0.4 is 4.90 Å². The van der Waals surface area contributed by atoms with Crippen LogP contribution in [0, 0.1) is 6.92 Å². The zero-order chi connectivity index (χ0) is 11.1. The van der Waals surface area contributed by atoms with E-state index in [2.05, 4.69) is 21.8 Å². The van der Waals surface area contributed by atoms with Gasteiger partial charge >= 0.3 is 0 Å². The zero-order valence-electron chi connectivity index (χ0n) is 9.48. The number of anilines is 1. The zero-order valence-corrected chi connectivity index (χ0v) is 9.48. The van der Waals surface area contributed by atoms with Gasteiger partial charge in [0.05, 0.1) is 12.3 Å². The Balaban J connectivity index is 2.74. The quantitative estimate of drug-likeness (QED) is 0.769. The van der Waals surface area contributed by atoms with Crippen molar-refractivity contribution in [3.8, 4) is 0 Å². The molecule has 0 bridgehead atoms. The summed E-state index contributed by atoms with van der Waals surface area (Å²) in [5, 5.41) is 9.00. The van der Waals surface area contributed by atoms with Gasteiger partial charge in [0.1, 0.15) is 5.82 Å². The molecule has 84 valence electrons. The second kappa shape index (κ2) is 6.35. The van der Waals surface area contributed by atoms with Gasteiger partial charge in [0.2, 0.25) is 0 Å². The van der Waals surface area contributed by atoms with Crippen molar-refractivity contribution in [3.05, 3.63) is 18.1 Å². The predicted octanol–water partition coefficient (Wildman–Crippen LogP) is 1.38. The van der Waals surface area contributed by atoms with Gasteiger partial charge in [-0.3, -0.25) is 4.98 Å². The van der Waals surface area contributed by atoms with Gasteiger partial charge < -0.3 is 10.0 Å². The lowest BCUT2D eigenvalue weighted by molar-refractivity contribution is 0.301. The summed E-state index contributed by atoms with van der Waals surface area (Å²) in [5.41, 5.74) is 0.919. The Bertz CT molecular complexity index is 291. The molecule has 0 saturated carbocycles. The number of aromatic nitrogens is 2. The number of aliphatic hydroxyl groups excluding tert-OH is 1. The van der Waals surface area contributed by atoms with Crippen molar-refractivity contribution >= 4 is 5.82 Å². The molecule has 0 aliphatic rings. The molecule has 0 amide bonds. The minimum atomic E-state index is 0.153. The highest BCUT2D eigenvalue weighted by Crippen LogP contribution is 2.13. The van der Waals surface area contributed by atoms with E-state index < -0.39 is 0 Å². The Morgan fingerprint density at radius 2 is 2.00 bits per heavy atom. The molecule has 1 aromatic rings. The first kappa shape index (κ1) is 11.9. The lowest BCUT2D eigenvalue weighted by atomic mass is 10.3. The summed E-state index contributed by atoms with van der Waals surface area (Å²) in [6.07, 6.45) is 5.63. The van der Waals surface area contributed by atoms with Crippen molar-refractivity contribution in [3.63, 3.8) is 0 Å². The maximum absolute atomic E-state index is 9.00.